The molecule has 3 N–H and O–H groups in total. The van der Waals surface area contributed by atoms with Gasteiger partial charge in [0.15, 0.2) is 0 Å². The maximum Gasteiger partial charge on any atom is 0.407 e. The maximum atomic E-state index is 11.6. The van der Waals surface area contributed by atoms with Gasteiger partial charge in [-0.15, -0.1) is 12.4 Å². The summed E-state index contributed by atoms with van der Waals surface area (Å²) in [6.07, 6.45) is -0.0947. The van der Waals surface area contributed by atoms with Gasteiger partial charge >= 0.3 is 12.1 Å². The van der Waals surface area contributed by atoms with Crippen LogP contribution in [0.2, 0.25) is 0 Å². The molecule has 0 aromatic heterocycles. The fourth-order valence-corrected chi connectivity index (χ4v) is 2.17. The number of hydrogen-bond acceptors (Lipinski definition) is 4. The molecule has 7 heteroatoms. The lowest BCUT2D eigenvalue weighted by molar-refractivity contribution is -0.147. The van der Waals surface area contributed by atoms with E-state index in [1.54, 1.807) is 0 Å². The zero-order chi connectivity index (χ0) is 14.4. The van der Waals surface area contributed by atoms with Crippen molar-refractivity contribution in [2.45, 2.75) is 13.0 Å². The standard InChI is InChI=1S/C14H18N2O4.ClH/c17-12(18)14(6-7-15-9-14)10-16-13(19)20-8-11-4-2-1-3-5-11;/h1-5,15H,6-10H2,(H,16,19)(H,17,18);1H. The van der Waals surface area contributed by atoms with Crippen molar-refractivity contribution in [2.75, 3.05) is 19.6 Å². The first kappa shape index (κ1) is 17.3. The number of benzene rings is 1. The van der Waals surface area contributed by atoms with E-state index < -0.39 is 17.5 Å². The van der Waals surface area contributed by atoms with Gasteiger partial charge < -0.3 is 20.5 Å². The number of carbonyl (C=O) groups excluding carboxylic acids is 1. The van der Waals surface area contributed by atoms with Crippen LogP contribution in [0.5, 0.6) is 0 Å². The van der Waals surface area contributed by atoms with Crippen molar-refractivity contribution >= 4 is 24.5 Å². The minimum Gasteiger partial charge on any atom is -0.481 e. The summed E-state index contributed by atoms with van der Waals surface area (Å²) in [5.41, 5.74) is -0.0377. The van der Waals surface area contributed by atoms with Gasteiger partial charge in [-0.05, 0) is 18.5 Å². The zero-order valence-electron chi connectivity index (χ0n) is 11.5. The van der Waals surface area contributed by atoms with Crippen molar-refractivity contribution in [3.8, 4) is 0 Å². The molecule has 1 atom stereocenters. The van der Waals surface area contributed by atoms with E-state index in [-0.39, 0.29) is 25.6 Å². The highest BCUT2D eigenvalue weighted by molar-refractivity contribution is 5.85. The number of alkyl carbamates (subject to hydrolysis) is 1. The van der Waals surface area contributed by atoms with Crippen LogP contribution in [0.1, 0.15) is 12.0 Å². The normalized spacial score (nSPS) is 20.4. The summed E-state index contributed by atoms with van der Waals surface area (Å²) >= 11 is 0. The molecule has 1 aliphatic heterocycles. The Morgan fingerprint density at radius 3 is 2.62 bits per heavy atom. The molecule has 1 unspecified atom stereocenters. The fraction of sp³-hybridized carbons (Fsp3) is 0.429. The van der Waals surface area contributed by atoms with E-state index in [1.165, 1.54) is 0 Å². The second kappa shape index (κ2) is 7.85. The minimum absolute atomic E-state index is 0. The number of hydrogen-bond donors (Lipinski definition) is 3. The van der Waals surface area contributed by atoms with E-state index >= 15 is 0 Å². The van der Waals surface area contributed by atoms with Crippen LogP contribution in [0, 0.1) is 5.41 Å². The maximum absolute atomic E-state index is 11.6. The summed E-state index contributed by atoms with van der Waals surface area (Å²) in [5, 5.41) is 14.8. The molecule has 1 heterocycles. The second-order valence-electron chi connectivity index (χ2n) is 4.93. The van der Waals surface area contributed by atoms with Crippen molar-refractivity contribution in [3.63, 3.8) is 0 Å². The van der Waals surface area contributed by atoms with Crippen LogP contribution in [-0.4, -0.2) is 36.8 Å². The molecule has 1 amide bonds. The average Bonchev–Trinajstić information content (AvgIpc) is 2.94. The Morgan fingerprint density at radius 2 is 2.05 bits per heavy atom. The van der Waals surface area contributed by atoms with Crippen molar-refractivity contribution in [2.24, 2.45) is 5.41 Å². The van der Waals surface area contributed by atoms with E-state index in [0.29, 0.717) is 19.5 Å². The number of aliphatic carboxylic acids is 1. The van der Waals surface area contributed by atoms with Crippen molar-refractivity contribution in [1.29, 1.82) is 0 Å². The monoisotopic (exact) mass is 314 g/mol. The summed E-state index contributed by atoms with van der Waals surface area (Å²) in [5.74, 6) is -0.897. The second-order valence-corrected chi connectivity index (χ2v) is 4.93. The average molecular weight is 315 g/mol. The van der Waals surface area contributed by atoms with Crippen molar-refractivity contribution in [1.82, 2.24) is 10.6 Å². The molecule has 21 heavy (non-hydrogen) atoms. The van der Waals surface area contributed by atoms with E-state index in [4.69, 9.17) is 4.74 Å². The first-order valence-electron chi connectivity index (χ1n) is 6.51. The molecule has 0 radical (unpaired) electrons. The highest BCUT2D eigenvalue weighted by Gasteiger charge is 2.41. The van der Waals surface area contributed by atoms with E-state index in [2.05, 4.69) is 10.6 Å². The minimum atomic E-state index is -0.925. The Bertz CT molecular complexity index is 475. The predicted octanol–water partition coefficient (Wildman–Crippen LogP) is 1.40. The van der Waals surface area contributed by atoms with Gasteiger partial charge in [0.25, 0.3) is 0 Å². The molecule has 1 aromatic carbocycles. The zero-order valence-corrected chi connectivity index (χ0v) is 12.3. The Balaban J connectivity index is 0.00000220. The number of ether oxygens (including phenoxy) is 1. The van der Waals surface area contributed by atoms with E-state index in [9.17, 15) is 14.7 Å². The predicted molar refractivity (Wildman–Crippen MR) is 79.4 cm³/mol. The Kier molecular flexibility index (Phi) is 6.45. The third-order valence-electron chi connectivity index (χ3n) is 3.48. The lowest BCUT2D eigenvalue weighted by Crippen LogP contribution is -2.44. The van der Waals surface area contributed by atoms with E-state index in [1.807, 2.05) is 30.3 Å². The van der Waals surface area contributed by atoms with Gasteiger partial charge in [-0.25, -0.2) is 4.79 Å². The summed E-state index contributed by atoms with van der Waals surface area (Å²) in [6, 6.07) is 9.31. The molecule has 0 saturated carbocycles. The lowest BCUT2D eigenvalue weighted by Gasteiger charge is -2.22. The molecule has 1 saturated heterocycles. The first-order chi connectivity index (χ1) is 9.62. The largest absolute Gasteiger partial charge is 0.481 e. The van der Waals surface area contributed by atoms with Crippen LogP contribution in [0.4, 0.5) is 4.79 Å². The molecular formula is C14H19ClN2O4. The topological polar surface area (TPSA) is 87.7 Å². The van der Waals surface area contributed by atoms with Gasteiger partial charge in [0.1, 0.15) is 6.61 Å². The molecule has 0 aliphatic carbocycles. The molecule has 6 nitrogen and oxygen atoms in total. The van der Waals surface area contributed by atoms with Gasteiger partial charge in [-0.1, -0.05) is 30.3 Å². The number of carbonyl (C=O) groups is 2. The molecule has 1 fully saturated rings. The number of carboxylic acids is 1. The molecule has 1 aromatic rings. The lowest BCUT2D eigenvalue weighted by atomic mass is 9.87. The molecule has 2 rings (SSSR count). The number of rotatable bonds is 5. The van der Waals surface area contributed by atoms with Crippen molar-refractivity contribution < 1.29 is 19.4 Å². The number of halogens is 1. The first-order valence-corrected chi connectivity index (χ1v) is 6.51. The molecular weight excluding hydrogens is 296 g/mol. The number of carboxylic acid groups (broad SMARTS) is 1. The Hall–Kier alpha value is -1.79. The van der Waals surface area contributed by atoms with Gasteiger partial charge in [-0.3, -0.25) is 4.79 Å². The highest BCUT2D eigenvalue weighted by atomic mass is 35.5. The van der Waals surface area contributed by atoms with Crippen LogP contribution in [0.25, 0.3) is 0 Å². The Morgan fingerprint density at radius 1 is 1.33 bits per heavy atom. The van der Waals surface area contributed by atoms with E-state index in [0.717, 1.165) is 5.56 Å². The van der Waals surface area contributed by atoms with Gasteiger partial charge in [0.05, 0.1) is 5.41 Å². The third-order valence-corrected chi connectivity index (χ3v) is 3.48. The highest BCUT2D eigenvalue weighted by Crippen LogP contribution is 2.24. The number of amides is 1. The van der Waals surface area contributed by atoms with Gasteiger partial charge in [0.2, 0.25) is 0 Å². The SMILES string of the molecule is Cl.O=C(NCC1(C(=O)O)CCNC1)OCc1ccccc1. The number of nitrogens with one attached hydrogen (secondary N) is 2. The van der Waals surface area contributed by atoms with Gasteiger partial charge in [-0.2, -0.15) is 0 Å². The van der Waals surface area contributed by atoms with Crippen LogP contribution < -0.4 is 10.6 Å². The smallest absolute Gasteiger partial charge is 0.407 e. The van der Waals surface area contributed by atoms with Crippen molar-refractivity contribution in [3.05, 3.63) is 35.9 Å². The molecule has 0 spiro atoms. The summed E-state index contributed by atoms with van der Waals surface area (Å²) in [6.45, 7) is 1.25. The molecule has 0 bridgehead atoms. The summed E-state index contributed by atoms with van der Waals surface area (Å²) in [4.78, 5) is 22.9. The quantitative estimate of drug-likeness (QED) is 0.764. The van der Waals surface area contributed by atoms with Gasteiger partial charge in [0, 0.05) is 13.1 Å². The summed E-state index contributed by atoms with van der Waals surface area (Å²) in [7, 11) is 0. The molecule has 1 aliphatic rings. The van der Waals surface area contributed by atoms with Crippen LogP contribution >= 0.6 is 12.4 Å². The third kappa shape index (κ3) is 4.61. The Labute approximate surface area is 129 Å². The van der Waals surface area contributed by atoms with Crippen LogP contribution in [0.15, 0.2) is 30.3 Å². The van der Waals surface area contributed by atoms with Crippen LogP contribution in [0.3, 0.4) is 0 Å². The fourth-order valence-electron chi connectivity index (χ4n) is 2.17. The molecule has 116 valence electrons. The summed E-state index contributed by atoms with van der Waals surface area (Å²) < 4.78 is 5.05. The van der Waals surface area contributed by atoms with Crippen LogP contribution in [-0.2, 0) is 16.1 Å².